The Morgan fingerprint density at radius 1 is 0.839 bits per heavy atom. The zero-order valence-corrected chi connectivity index (χ0v) is 19.1. The second-order valence-electron chi connectivity index (χ2n) is 6.40. The Hall–Kier alpha value is -3.03. The van der Waals surface area contributed by atoms with Gasteiger partial charge in [0.2, 0.25) is 0 Å². The van der Waals surface area contributed by atoms with Crippen LogP contribution in [0, 0.1) is 0 Å². The van der Waals surface area contributed by atoms with E-state index in [4.69, 9.17) is 21.1 Å². The van der Waals surface area contributed by atoms with Crippen molar-refractivity contribution in [3.63, 3.8) is 0 Å². The lowest BCUT2D eigenvalue weighted by atomic mass is 9.96. The summed E-state index contributed by atoms with van der Waals surface area (Å²) in [6.45, 7) is 0. The summed E-state index contributed by atoms with van der Waals surface area (Å²) in [7, 11) is 2.97. The molecule has 31 heavy (non-hydrogen) atoms. The monoisotopic (exact) mass is 500 g/mol. The fourth-order valence-corrected chi connectivity index (χ4v) is 3.17. The van der Waals surface area contributed by atoms with Gasteiger partial charge < -0.3 is 9.47 Å². The Balaban J connectivity index is 1.99. The van der Waals surface area contributed by atoms with E-state index in [2.05, 4.69) is 26.2 Å². The Morgan fingerprint density at radius 3 is 2.03 bits per heavy atom. The van der Waals surface area contributed by atoms with Crippen LogP contribution in [-0.4, -0.2) is 31.8 Å². The summed E-state index contributed by atoms with van der Waals surface area (Å²) in [4.78, 5) is 26.4. The fraction of sp³-hybridized carbons (Fsp3) is 0.130. The van der Waals surface area contributed by atoms with E-state index in [0.717, 1.165) is 4.47 Å². The standard InChI is InChI=1S/C23H18BrClN2O4/c1-30-19-12-5-15(13-20(19)31-2)23(29)21(22(28)14-3-6-16(24)7-4-14)27-26-18-10-8-17(25)9-11-18/h3-13,21H,1-2H3. The SMILES string of the molecule is COc1ccc(C(=O)C(N=Nc2ccc(Cl)cc2)C(=O)c2ccc(Br)cc2)cc1OC. The summed E-state index contributed by atoms with van der Waals surface area (Å²) in [5, 5.41) is 8.73. The van der Waals surface area contributed by atoms with E-state index in [1.165, 1.54) is 20.3 Å². The van der Waals surface area contributed by atoms with Gasteiger partial charge in [-0.25, -0.2) is 0 Å². The largest absolute Gasteiger partial charge is 0.493 e. The van der Waals surface area contributed by atoms with Gasteiger partial charge in [-0.1, -0.05) is 39.7 Å². The van der Waals surface area contributed by atoms with E-state index in [-0.39, 0.29) is 5.56 Å². The third kappa shape index (κ3) is 5.57. The maximum Gasteiger partial charge on any atom is 0.197 e. The molecule has 3 aromatic rings. The molecule has 0 N–H and O–H groups in total. The molecule has 3 rings (SSSR count). The smallest absolute Gasteiger partial charge is 0.197 e. The van der Waals surface area contributed by atoms with Crippen LogP contribution in [-0.2, 0) is 0 Å². The van der Waals surface area contributed by atoms with Gasteiger partial charge in [0, 0.05) is 20.6 Å². The van der Waals surface area contributed by atoms with Gasteiger partial charge in [-0.3, -0.25) is 9.59 Å². The lowest BCUT2D eigenvalue weighted by Crippen LogP contribution is -2.28. The minimum absolute atomic E-state index is 0.253. The van der Waals surface area contributed by atoms with Crippen LogP contribution in [0.25, 0.3) is 0 Å². The number of azo groups is 1. The number of ketones is 2. The molecule has 0 aliphatic heterocycles. The molecular formula is C23H18BrClN2O4. The highest BCUT2D eigenvalue weighted by molar-refractivity contribution is 9.10. The molecule has 0 spiro atoms. The van der Waals surface area contributed by atoms with Crippen molar-refractivity contribution in [3.05, 3.63) is 87.4 Å². The molecule has 0 saturated heterocycles. The predicted molar refractivity (Wildman–Crippen MR) is 122 cm³/mol. The highest BCUT2D eigenvalue weighted by Crippen LogP contribution is 2.29. The van der Waals surface area contributed by atoms with Crippen molar-refractivity contribution >= 4 is 44.8 Å². The maximum absolute atomic E-state index is 13.3. The molecule has 0 aliphatic carbocycles. The number of hydrogen-bond donors (Lipinski definition) is 0. The van der Waals surface area contributed by atoms with E-state index < -0.39 is 17.6 Å². The predicted octanol–water partition coefficient (Wildman–Crippen LogP) is 6.34. The van der Waals surface area contributed by atoms with Crippen molar-refractivity contribution in [1.29, 1.82) is 0 Å². The number of nitrogens with zero attached hydrogens (tertiary/aromatic N) is 2. The first-order valence-corrected chi connectivity index (χ1v) is 10.3. The summed E-state index contributed by atoms with van der Waals surface area (Å²) < 4.78 is 11.3. The molecule has 0 aliphatic rings. The zero-order valence-electron chi connectivity index (χ0n) is 16.7. The first kappa shape index (κ1) is 22.7. The lowest BCUT2D eigenvalue weighted by Gasteiger charge is -2.12. The van der Waals surface area contributed by atoms with Crippen molar-refractivity contribution < 1.29 is 19.1 Å². The topological polar surface area (TPSA) is 77.3 Å². The van der Waals surface area contributed by atoms with Gasteiger partial charge in [0.1, 0.15) is 0 Å². The summed E-state index contributed by atoms with van der Waals surface area (Å²) in [6, 6.07) is 16.6. The minimum atomic E-state index is -1.37. The molecule has 0 aromatic heterocycles. The van der Waals surface area contributed by atoms with Gasteiger partial charge in [-0.15, -0.1) is 0 Å². The van der Waals surface area contributed by atoms with Crippen molar-refractivity contribution in [2.45, 2.75) is 6.04 Å². The third-order valence-corrected chi connectivity index (χ3v) is 5.19. The van der Waals surface area contributed by atoms with Crippen molar-refractivity contribution in [3.8, 4) is 11.5 Å². The van der Waals surface area contributed by atoms with Crippen molar-refractivity contribution in [2.75, 3.05) is 14.2 Å². The number of carbonyl (C=O) groups is 2. The average molecular weight is 502 g/mol. The van der Waals surface area contributed by atoms with Crippen LogP contribution in [0.3, 0.4) is 0 Å². The minimum Gasteiger partial charge on any atom is -0.493 e. The average Bonchev–Trinajstić information content (AvgIpc) is 2.80. The van der Waals surface area contributed by atoms with Crippen LogP contribution in [0.1, 0.15) is 20.7 Å². The number of carbonyl (C=O) groups excluding carboxylic acids is 2. The normalized spacial score (nSPS) is 11.9. The van der Waals surface area contributed by atoms with E-state index in [1.807, 2.05) is 0 Å². The molecule has 1 unspecified atom stereocenters. The van der Waals surface area contributed by atoms with Crippen LogP contribution in [0.4, 0.5) is 5.69 Å². The lowest BCUT2D eigenvalue weighted by molar-refractivity contribution is 0.0861. The number of rotatable bonds is 8. The number of ether oxygens (including phenoxy) is 2. The molecule has 0 saturated carbocycles. The van der Waals surface area contributed by atoms with E-state index >= 15 is 0 Å². The molecule has 0 amide bonds. The second kappa shape index (κ2) is 10.3. The highest BCUT2D eigenvalue weighted by Gasteiger charge is 2.29. The highest BCUT2D eigenvalue weighted by atomic mass is 79.9. The van der Waals surface area contributed by atoms with Crippen molar-refractivity contribution in [2.24, 2.45) is 10.2 Å². The Bertz CT molecular complexity index is 1120. The molecule has 6 nitrogen and oxygen atoms in total. The van der Waals surface area contributed by atoms with E-state index in [0.29, 0.717) is 27.8 Å². The molecular weight excluding hydrogens is 484 g/mol. The summed E-state index contributed by atoms with van der Waals surface area (Å²) >= 11 is 9.23. The Kier molecular flexibility index (Phi) is 7.55. The van der Waals surface area contributed by atoms with Crippen LogP contribution in [0.5, 0.6) is 11.5 Å². The first-order chi connectivity index (χ1) is 14.9. The van der Waals surface area contributed by atoms with E-state index in [1.54, 1.807) is 60.7 Å². The summed E-state index contributed by atoms with van der Waals surface area (Å²) in [5.41, 5.74) is 1.07. The summed E-state index contributed by atoms with van der Waals surface area (Å²) in [5.74, 6) is -0.132. The van der Waals surface area contributed by atoms with Crippen LogP contribution >= 0.6 is 27.5 Å². The summed E-state index contributed by atoms with van der Waals surface area (Å²) in [6.07, 6.45) is 0. The zero-order chi connectivity index (χ0) is 22.4. The van der Waals surface area contributed by atoms with Gasteiger partial charge >= 0.3 is 0 Å². The molecule has 8 heteroatoms. The Morgan fingerprint density at radius 2 is 1.42 bits per heavy atom. The van der Waals surface area contributed by atoms with Gasteiger partial charge in [-0.05, 0) is 54.6 Å². The molecule has 0 heterocycles. The number of methoxy groups -OCH3 is 2. The molecule has 0 fully saturated rings. The van der Waals surface area contributed by atoms with Crippen molar-refractivity contribution in [1.82, 2.24) is 0 Å². The van der Waals surface area contributed by atoms with Gasteiger partial charge in [0.25, 0.3) is 0 Å². The molecule has 0 bridgehead atoms. The van der Waals surface area contributed by atoms with Crippen LogP contribution in [0.15, 0.2) is 81.4 Å². The Labute approximate surface area is 193 Å². The van der Waals surface area contributed by atoms with Crippen LogP contribution < -0.4 is 9.47 Å². The van der Waals surface area contributed by atoms with Gasteiger partial charge in [-0.2, -0.15) is 10.2 Å². The van der Waals surface area contributed by atoms with Crippen LogP contribution in [0.2, 0.25) is 5.02 Å². The molecule has 0 radical (unpaired) electrons. The molecule has 3 aromatic carbocycles. The van der Waals surface area contributed by atoms with E-state index in [9.17, 15) is 9.59 Å². The number of hydrogen-bond acceptors (Lipinski definition) is 6. The van der Waals surface area contributed by atoms with Gasteiger partial charge in [0.05, 0.1) is 19.9 Å². The second-order valence-corrected chi connectivity index (χ2v) is 7.75. The number of Topliss-reactive ketones (excluding diaryl/α,β-unsaturated/α-hetero) is 2. The van der Waals surface area contributed by atoms with Gasteiger partial charge in [0.15, 0.2) is 29.1 Å². The molecule has 1 atom stereocenters. The fourth-order valence-electron chi connectivity index (χ4n) is 2.78. The third-order valence-electron chi connectivity index (χ3n) is 4.41. The number of benzene rings is 3. The maximum atomic E-state index is 13.3. The quantitative estimate of drug-likeness (QED) is 0.205. The first-order valence-electron chi connectivity index (χ1n) is 9.15. The molecule has 158 valence electrons. The number of halogens is 2.